The molecule has 110 valence electrons. The van der Waals surface area contributed by atoms with Gasteiger partial charge in [0.15, 0.2) is 5.96 Å². The first kappa shape index (κ1) is 14.6. The summed E-state index contributed by atoms with van der Waals surface area (Å²) in [5.74, 6) is 0.693. The molecule has 0 aromatic rings. The van der Waals surface area contributed by atoms with E-state index in [0.29, 0.717) is 12.0 Å². The van der Waals surface area contributed by atoms with Crippen molar-refractivity contribution in [1.29, 1.82) is 0 Å². The topological polar surface area (TPSA) is 54.1 Å². The number of morpholine rings is 1. The molecule has 0 radical (unpaired) electrons. The van der Waals surface area contributed by atoms with Crippen LogP contribution < -0.4 is 5.73 Å². The quantitative estimate of drug-likeness (QED) is 0.608. The van der Waals surface area contributed by atoms with E-state index in [1.807, 2.05) is 0 Å². The summed E-state index contributed by atoms with van der Waals surface area (Å²) < 4.78 is 5.52. The number of hydrogen-bond acceptors (Lipinski definition) is 3. The molecule has 0 bridgehead atoms. The smallest absolute Gasteiger partial charge is 0.191 e. The molecule has 2 aliphatic heterocycles. The Morgan fingerprint density at radius 3 is 3.00 bits per heavy atom. The molecule has 5 heteroatoms. The lowest BCUT2D eigenvalue weighted by Crippen LogP contribution is -2.48. The van der Waals surface area contributed by atoms with Gasteiger partial charge in [-0.3, -0.25) is 9.89 Å². The highest BCUT2D eigenvalue weighted by Crippen LogP contribution is 2.17. The maximum atomic E-state index is 6.11. The predicted octanol–water partition coefficient (Wildman–Crippen LogP) is 0.896. The van der Waals surface area contributed by atoms with Gasteiger partial charge in [0.2, 0.25) is 0 Å². The Morgan fingerprint density at radius 2 is 2.26 bits per heavy atom. The van der Waals surface area contributed by atoms with Crippen LogP contribution in [0.3, 0.4) is 0 Å². The summed E-state index contributed by atoms with van der Waals surface area (Å²) in [4.78, 5) is 9.32. The van der Waals surface area contributed by atoms with Crippen LogP contribution in [0.25, 0.3) is 0 Å². The molecular formula is C14H28N4O. The second-order valence-electron chi connectivity index (χ2n) is 5.66. The van der Waals surface area contributed by atoms with Crippen LogP contribution in [0.2, 0.25) is 0 Å². The Bertz CT molecular complexity index is 308. The van der Waals surface area contributed by atoms with E-state index in [0.717, 1.165) is 26.2 Å². The molecule has 2 N–H and O–H groups in total. The van der Waals surface area contributed by atoms with Crippen molar-refractivity contribution in [1.82, 2.24) is 9.80 Å². The standard InChI is InChI=1S/C14H28N4O/c1-3-6-17-7-4-5-13(17)10-16-14(15)18-8-9-19-12(2)11-18/h12-13H,3-11H2,1-2H3,(H2,15,16)/t12?,13-/m0/s1. The van der Waals surface area contributed by atoms with Crippen molar-refractivity contribution in [2.45, 2.75) is 45.3 Å². The summed E-state index contributed by atoms with van der Waals surface area (Å²) in [6, 6.07) is 0.594. The summed E-state index contributed by atoms with van der Waals surface area (Å²) in [5, 5.41) is 0. The van der Waals surface area contributed by atoms with Gasteiger partial charge < -0.3 is 15.4 Å². The fraction of sp³-hybridized carbons (Fsp3) is 0.929. The predicted molar refractivity (Wildman–Crippen MR) is 78.4 cm³/mol. The Morgan fingerprint density at radius 1 is 1.42 bits per heavy atom. The van der Waals surface area contributed by atoms with E-state index in [2.05, 4.69) is 28.6 Å². The number of nitrogens with two attached hydrogens (primary N) is 1. The van der Waals surface area contributed by atoms with E-state index in [1.54, 1.807) is 0 Å². The van der Waals surface area contributed by atoms with Crippen LogP contribution in [0.5, 0.6) is 0 Å². The molecule has 2 saturated heterocycles. The average Bonchev–Trinajstić information content (AvgIpc) is 2.84. The average molecular weight is 268 g/mol. The van der Waals surface area contributed by atoms with E-state index in [4.69, 9.17) is 10.5 Å². The lowest BCUT2D eigenvalue weighted by Gasteiger charge is -2.32. The van der Waals surface area contributed by atoms with Crippen LogP contribution >= 0.6 is 0 Å². The van der Waals surface area contributed by atoms with Gasteiger partial charge in [0.25, 0.3) is 0 Å². The van der Waals surface area contributed by atoms with Gasteiger partial charge in [0.05, 0.1) is 19.3 Å². The van der Waals surface area contributed by atoms with Crippen molar-refractivity contribution in [3.8, 4) is 0 Å². The van der Waals surface area contributed by atoms with Gasteiger partial charge in [-0.2, -0.15) is 0 Å². The molecule has 0 aliphatic carbocycles. The van der Waals surface area contributed by atoms with E-state index in [1.165, 1.54) is 32.4 Å². The van der Waals surface area contributed by atoms with Gasteiger partial charge in [0, 0.05) is 19.1 Å². The summed E-state index contributed by atoms with van der Waals surface area (Å²) in [7, 11) is 0. The minimum Gasteiger partial charge on any atom is -0.375 e. The van der Waals surface area contributed by atoms with Crippen molar-refractivity contribution >= 4 is 5.96 Å². The van der Waals surface area contributed by atoms with Crippen LogP contribution in [0.4, 0.5) is 0 Å². The van der Waals surface area contributed by atoms with Crippen molar-refractivity contribution in [2.24, 2.45) is 10.7 Å². The molecule has 0 aromatic heterocycles. The summed E-state index contributed by atoms with van der Waals surface area (Å²) in [6.07, 6.45) is 4.03. The Labute approximate surface area is 116 Å². The molecule has 1 unspecified atom stereocenters. The summed E-state index contributed by atoms with van der Waals surface area (Å²) in [5.41, 5.74) is 6.11. The Kier molecular flexibility index (Phi) is 5.45. The van der Waals surface area contributed by atoms with E-state index in [-0.39, 0.29) is 6.10 Å². The van der Waals surface area contributed by atoms with Gasteiger partial charge in [0.1, 0.15) is 0 Å². The van der Waals surface area contributed by atoms with Gasteiger partial charge in [-0.25, -0.2) is 0 Å². The van der Waals surface area contributed by atoms with E-state index >= 15 is 0 Å². The molecule has 2 rings (SSSR count). The molecule has 0 amide bonds. The SMILES string of the molecule is CCCN1CCC[C@H]1CN=C(N)N1CCOC(C)C1. The van der Waals surface area contributed by atoms with Crippen molar-refractivity contribution in [3.63, 3.8) is 0 Å². The van der Waals surface area contributed by atoms with Crippen LogP contribution in [-0.4, -0.2) is 67.2 Å². The van der Waals surface area contributed by atoms with Crippen LogP contribution in [0.1, 0.15) is 33.1 Å². The Balaban J connectivity index is 1.83. The van der Waals surface area contributed by atoms with Crippen LogP contribution in [-0.2, 0) is 4.74 Å². The van der Waals surface area contributed by atoms with Gasteiger partial charge >= 0.3 is 0 Å². The number of rotatable bonds is 4. The molecule has 0 spiro atoms. The highest BCUT2D eigenvalue weighted by molar-refractivity contribution is 5.78. The lowest BCUT2D eigenvalue weighted by atomic mass is 10.2. The molecular weight excluding hydrogens is 240 g/mol. The molecule has 2 heterocycles. The summed E-state index contributed by atoms with van der Waals surface area (Å²) >= 11 is 0. The molecule has 5 nitrogen and oxygen atoms in total. The van der Waals surface area contributed by atoms with Gasteiger partial charge in [-0.15, -0.1) is 0 Å². The molecule has 2 atom stereocenters. The van der Waals surface area contributed by atoms with Crippen molar-refractivity contribution in [2.75, 3.05) is 39.3 Å². The summed E-state index contributed by atoms with van der Waals surface area (Å²) in [6.45, 7) is 10.1. The molecule has 19 heavy (non-hydrogen) atoms. The lowest BCUT2D eigenvalue weighted by molar-refractivity contribution is 0.00526. The maximum absolute atomic E-state index is 6.11. The third-order valence-corrected chi connectivity index (χ3v) is 4.04. The number of hydrogen-bond donors (Lipinski definition) is 1. The van der Waals surface area contributed by atoms with Gasteiger partial charge in [-0.05, 0) is 39.3 Å². The largest absolute Gasteiger partial charge is 0.375 e. The first-order chi connectivity index (χ1) is 9.20. The highest BCUT2D eigenvalue weighted by atomic mass is 16.5. The van der Waals surface area contributed by atoms with Gasteiger partial charge in [-0.1, -0.05) is 6.92 Å². The minimum absolute atomic E-state index is 0.255. The zero-order valence-corrected chi connectivity index (χ0v) is 12.3. The Hall–Kier alpha value is -0.810. The van der Waals surface area contributed by atoms with Crippen LogP contribution in [0, 0.1) is 0 Å². The highest BCUT2D eigenvalue weighted by Gasteiger charge is 2.24. The normalized spacial score (nSPS) is 30.0. The second-order valence-corrected chi connectivity index (χ2v) is 5.66. The zero-order chi connectivity index (χ0) is 13.7. The van der Waals surface area contributed by atoms with Crippen LogP contribution in [0.15, 0.2) is 4.99 Å². The van der Waals surface area contributed by atoms with E-state index < -0.39 is 0 Å². The first-order valence-corrected chi connectivity index (χ1v) is 7.61. The third-order valence-electron chi connectivity index (χ3n) is 4.04. The fourth-order valence-electron chi connectivity index (χ4n) is 3.01. The number of ether oxygens (including phenoxy) is 1. The maximum Gasteiger partial charge on any atom is 0.191 e. The molecule has 0 aromatic carbocycles. The zero-order valence-electron chi connectivity index (χ0n) is 12.3. The van der Waals surface area contributed by atoms with Crippen molar-refractivity contribution < 1.29 is 4.74 Å². The van der Waals surface area contributed by atoms with E-state index in [9.17, 15) is 0 Å². The number of likely N-dealkylation sites (tertiary alicyclic amines) is 1. The number of aliphatic imine (C=N–C) groups is 1. The third kappa shape index (κ3) is 4.08. The molecule has 0 saturated carbocycles. The first-order valence-electron chi connectivity index (χ1n) is 7.61. The van der Waals surface area contributed by atoms with Crippen molar-refractivity contribution in [3.05, 3.63) is 0 Å². The number of nitrogens with zero attached hydrogens (tertiary/aromatic N) is 3. The minimum atomic E-state index is 0.255. The fourth-order valence-corrected chi connectivity index (χ4v) is 3.01. The number of guanidine groups is 1. The molecule has 2 fully saturated rings. The molecule has 2 aliphatic rings. The monoisotopic (exact) mass is 268 g/mol. The second kappa shape index (κ2) is 7.10.